The van der Waals surface area contributed by atoms with Crippen molar-refractivity contribution in [2.75, 3.05) is 6.61 Å². The number of hydrogen-bond donors (Lipinski definition) is 2. The number of aromatic nitrogens is 1. The highest BCUT2D eigenvalue weighted by Crippen LogP contribution is 2.32. The van der Waals surface area contributed by atoms with Gasteiger partial charge in [0.2, 0.25) is 5.88 Å². The Labute approximate surface area is 150 Å². The first-order chi connectivity index (χ1) is 12.1. The molecule has 3 aromatic rings. The number of nitrogens with two attached hydrogens (primary N) is 1. The summed E-state index contributed by atoms with van der Waals surface area (Å²) in [4.78, 5) is 4.24. The molecule has 0 amide bonds. The molecule has 5 nitrogen and oxygen atoms in total. The molecule has 0 spiro atoms. The number of aryl methyl sites for hydroxylation is 1. The number of fused-ring (bicyclic) bond motifs is 1. The Morgan fingerprint density at radius 2 is 2.04 bits per heavy atom. The van der Waals surface area contributed by atoms with Crippen LogP contribution in [0.5, 0.6) is 5.88 Å². The van der Waals surface area contributed by atoms with E-state index in [1.165, 1.54) is 5.56 Å². The number of rotatable bonds is 4. The van der Waals surface area contributed by atoms with E-state index in [1.807, 2.05) is 30.5 Å². The maximum absolute atomic E-state index is 10.5. The lowest BCUT2D eigenvalue weighted by Gasteiger charge is -2.08. The van der Waals surface area contributed by atoms with Crippen LogP contribution in [-0.4, -0.2) is 28.3 Å². The van der Waals surface area contributed by atoms with Crippen LogP contribution in [0.25, 0.3) is 16.5 Å². The second kappa shape index (κ2) is 6.33. The van der Waals surface area contributed by atoms with E-state index in [0.29, 0.717) is 11.6 Å². The van der Waals surface area contributed by atoms with Gasteiger partial charge in [0, 0.05) is 27.7 Å². The first-order valence-corrected chi connectivity index (χ1v) is 8.53. The standard InChI is InChI=1S/C19H18ClN3O2/c20-14-5-4-13-10-23(18(24)17(13)9-14)16-7-2-12(3-8-16)1-6-15-11-25-19(21)22-15/h2-5,7-10,15,24H,1,6,11H2,(H2,21,22)/t15-/m0/s1. The zero-order chi connectivity index (χ0) is 17.4. The molecule has 0 saturated heterocycles. The molecule has 0 unspecified atom stereocenters. The van der Waals surface area contributed by atoms with E-state index in [4.69, 9.17) is 22.1 Å². The van der Waals surface area contributed by atoms with Gasteiger partial charge in [-0.15, -0.1) is 0 Å². The molecule has 4 rings (SSSR count). The lowest BCUT2D eigenvalue weighted by atomic mass is 10.1. The molecular weight excluding hydrogens is 338 g/mol. The summed E-state index contributed by atoms with van der Waals surface area (Å²) in [5, 5.41) is 12.8. The van der Waals surface area contributed by atoms with Gasteiger partial charge in [-0.05, 0) is 42.7 Å². The molecule has 2 heterocycles. The van der Waals surface area contributed by atoms with Gasteiger partial charge >= 0.3 is 0 Å². The molecule has 128 valence electrons. The molecule has 0 bridgehead atoms. The van der Waals surface area contributed by atoms with E-state index >= 15 is 0 Å². The molecule has 3 N–H and O–H groups in total. The molecule has 0 radical (unpaired) electrons. The minimum absolute atomic E-state index is 0.142. The molecule has 1 aliphatic heterocycles. The minimum Gasteiger partial charge on any atom is -0.494 e. The third-order valence-electron chi connectivity index (χ3n) is 4.47. The van der Waals surface area contributed by atoms with Gasteiger partial charge in [-0.3, -0.25) is 4.57 Å². The van der Waals surface area contributed by atoms with Crippen LogP contribution < -0.4 is 5.73 Å². The van der Waals surface area contributed by atoms with Crippen molar-refractivity contribution in [1.82, 2.24) is 4.57 Å². The second-order valence-corrected chi connectivity index (χ2v) is 6.63. The quantitative estimate of drug-likeness (QED) is 0.750. The molecule has 0 fully saturated rings. The van der Waals surface area contributed by atoms with Gasteiger partial charge in [0.1, 0.15) is 6.61 Å². The van der Waals surface area contributed by atoms with Crippen molar-refractivity contribution >= 4 is 28.4 Å². The second-order valence-electron chi connectivity index (χ2n) is 6.19. The fourth-order valence-corrected chi connectivity index (χ4v) is 3.27. The molecular formula is C19H18ClN3O2. The van der Waals surface area contributed by atoms with Crippen molar-refractivity contribution in [3.8, 4) is 11.6 Å². The Balaban J connectivity index is 1.53. The van der Waals surface area contributed by atoms with Crippen LogP contribution >= 0.6 is 11.6 Å². The first kappa shape index (κ1) is 15.8. The Morgan fingerprint density at radius 1 is 1.24 bits per heavy atom. The van der Waals surface area contributed by atoms with E-state index in [1.54, 1.807) is 10.6 Å². The minimum atomic E-state index is 0.142. The number of ether oxygens (including phenoxy) is 1. The summed E-state index contributed by atoms with van der Waals surface area (Å²) in [6.07, 6.45) is 3.71. The van der Waals surface area contributed by atoms with E-state index in [0.717, 1.165) is 29.3 Å². The van der Waals surface area contributed by atoms with Crippen LogP contribution in [0.15, 0.2) is 53.7 Å². The fraction of sp³-hybridized carbons (Fsp3) is 0.211. The van der Waals surface area contributed by atoms with E-state index < -0.39 is 0 Å². The highest BCUT2D eigenvalue weighted by Gasteiger charge is 2.16. The number of aromatic hydroxyl groups is 1. The molecule has 6 heteroatoms. The zero-order valence-corrected chi connectivity index (χ0v) is 14.3. The maximum Gasteiger partial charge on any atom is 0.282 e. The summed E-state index contributed by atoms with van der Waals surface area (Å²) in [5.41, 5.74) is 7.64. The van der Waals surface area contributed by atoms with Gasteiger partial charge in [-0.2, -0.15) is 0 Å². The first-order valence-electron chi connectivity index (χ1n) is 8.15. The number of halogens is 1. The third kappa shape index (κ3) is 3.15. The Bertz CT molecular complexity index is 947. The molecule has 25 heavy (non-hydrogen) atoms. The van der Waals surface area contributed by atoms with Crippen molar-refractivity contribution in [3.05, 3.63) is 59.2 Å². The SMILES string of the molecule is NC1=N[C@@H](CCc2ccc(-n3cc4ccc(Cl)cc4c3O)cc2)CO1. The summed E-state index contributed by atoms with van der Waals surface area (Å²) < 4.78 is 6.93. The van der Waals surface area contributed by atoms with Gasteiger partial charge in [0.25, 0.3) is 6.02 Å². The van der Waals surface area contributed by atoms with Crippen molar-refractivity contribution in [2.45, 2.75) is 18.9 Å². The monoisotopic (exact) mass is 355 g/mol. The molecule has 0 saturated carbocycles. The zero-order valence-electron chi connectivity index (χ0n) is 13.5. The van der Waals surface area contributed by atoms with Gasteiger partial charge in [0.15, 0.2) is 0 Å². The summed E-state index contributed by atoms with van der Waals surface area (Å²) >= 11 is 6.02. The average molecular weight is 356 g/mol. The predicted molar refractivity (Wildman–Crippen MR) is 99.6 cm³/mol. The normalized spacial score (nSPS) is 16.8. The summed E-state index contributed by atoms with van der Waals surface area (Å²) in [7, 11) is 0. The Kier molecular flexibility index (Phi) is 4.01. The Hall–Kier alpha value is -2.66. The van der Waals surface area contributed by atoms with Crippen LogP contribution in [0.3, 0.4) is 0 Å². The van der Waals surface area contributed by atoms with E-state index in [9.17, 15) is 5.11 Å². The molecule has 2 aromatic carbocycles. The Morgan fingerprint density at radius 3 is 2.76 bits per heavy atom. The van der Waals surface area contributed by atoms with E-state index in [-0.39, 0.29) is 17.9 Å². The predicted octanol–water partition coefficient (Wildman–Crippen LogP) is 3.64. The number of nitrogens with zero attached hydrogens (tertiary/aromatic N) is 2. The van der Waals surface area contributed by atoms with Crippen molar-refractivity contribution in [3.63, 3.8) is 0 Å². The highest BCUT2D eigenvalue weighted by molar-refractivity contribution is 6.31. The number of hydrogen-bond acceptors (Lipinski definition) is 4. The van der Waals surface area contributed by atoms with Crippen LogP contribution in [0.2, 0.25) is 5.02 Å². The third-order valence-corrected chi connectivity index (χ3v) is 4.70. The topological polar surface area (TPSA) is 72.8 Å². The van der Waals surface area contributed by atoms with Crippen molar-refractivity contribution in [2.24, 2.45) is 10.7 Å². The lowest BCUT2D eigenvalue weighted by molar-refractivity contribution is 0.308. The molecule has 1 aliphatic rings. The van der Waals surface area contributed by atoms with Crippen LogP contribution in [0.4, 0.5) is 0 Å². The largest absolute Gasteiger partial charge is 0.494 e. The lowest BCUT2D eigenvalue weighted by Crippen LogP contribution is -2.10. The number of benzene rings is 2. The van der Waals surface area contributed by atoms with Crippen LogP contribution in [0.1, 0.15) is 12.0 Å². The van der Waals surface area contributed by atoms with Gasteiger partial charge in [-0.25, -0.2) is 4.99 Å². The van der Waals surface area contributed by atoms with Crippen LogP contribution in [0, 0.1) is 0 Å². The average Bonchev–Trinajstić information content (AvgIpc) is 3.17. The maximum atomic E-state index is 10.5. The smallest absolute Gasteiger partial charge is 0.282 e. The van der Waals surface area contributed by atoms with Crippen molar-refractivity contribution in [1.29, 1.82) is 0 Å². The summed E-state index contributed by atoms with van der Waals surface area (Å²) in [6, 6.07) is 14.0. The number of amidine groups is 1. The molecule has 1 aromatic heterocycles. The van der Waals surface area contributed by atoms with Gasteiger partial charge in [-0.1, -0.05) is 29.8 Å². The van der Waals surface area contributed by atoms with Gasteiger partial charge < -0.3 is 15.6 Å². The summed E-state index contributed by atoms with van der Waals surface area (Å²) in [6.45, 7) is 0.566. The highest BCUT2D eigenvalue weighted by atomic mass is 35.5. The molecule has 1 atom stereocenters. The van der Waals surface area contributed by atoms with Gasteiger partial charge in [0.05, 0.1) is 6.04 Å². The summed E-state index contributed by atoms with van der Waals surface area (Å²) in [5.74, 6) is 0.193. The van der Waals surface area contributed by atoms with E-state index in [2.05, 4.69) is 17.1 Å². The molecule has 0 aliphatic carbocycles. The number of aliphatic imine (C=N–C) groups is 1. The fourth-order valence-electron chi connectivity index (χ4n) is 3.10. The van der Waals surface area contributed by atoms with Crippen molar-refractivity contribution < 1.29 is 9.84 Å². The van der Waals surface area contributed by atoms with Crippen LogP contribution in [-0.2, 0) is 11.2 Å².